The number of aliphatic carboxylic acids is 1. The summed E-state index contributed by atoms with van der Waals surface area (Å²) in [6.45, 7) is 1.25. The van der Waals surface area contributed by atoms with E-state index in [0.717, 1.165) is 5.56 Å². The third-order valence-electron chi connectivity index (χ3n) is 2.24. The van der Waals surface area contributed by atoms with E-state index in [4.69, 9.17) is 11.5 Å². The van der Waals surface area contributed by atoms with Gasteiger partial charge in [-0.25, -0.2) is 0 Å². The summed E-state index contributed by atoms with van der Waals surface area (Å²) in [6.07, 6.45) is 8.19. The molecule has 0 saturated carbocycles. The zero-order valence-electron chi connectivity index (χ0n) is 9.38. The van der Waals surface area contributed by atoms with Gasteiger partial charge in [-0.15, -0.1) is 6.42 Å². The second-order valence-electron chi connectivity index (χ2n) is 3.56. The Hall–Kier alpha value is -2.34. The van der Waals surface area contributed by atoms with E-state index in [1.807, 2.05) is 0 Å². The molecule has 0 aliphatic rings. The molecule has 0 aromatic heterocycles. The first-order valence-electron chi connectivity index (χ1n) is 5.02. The van der Waals surface area contributed by atoms with Gasteiger partial charge in [0.2, 0.25) is 0 Å². The summed E-state index contributed by atoms with van der Waals surface area (Å²) in [5.41, 5.74) is 1.48. The molecule has 0 bridgehead atoms. The summed E-state index contributed by atoms with van der Waals surface area (Å²) in [7, 11) is 0. The van der Waals surface area contributed by atoms with Gasteiger partial charge in [0.05, 0.1) is 0 Å². The van der Waals surface area contributed by atoms with Crippen LogP contribution in [0.1, 0.15) is 18.1 Å². The van der Waals surface area contributed by atoms with Crippen LogP contribution >= 0.6 is 0 Å². The summed E-state index contributed by atoms with van der Waals surface area (Å²) < 4.78 is 0. The fourth-order valence-electron chi connectivity index (χ4n) is 1.33. The Morgan fingerprint density at radius 3 is 2.71 bits per heavy atom. The van der Waals surface area contributed by atoms with Crippen molar-refractivity contribution in [2.24, 2.45) is 5.92 Å². The van der Waals surface area contributed by atoms with E-state index in [2.05, 4.69) is 5.92 Å². The van der Waals surface area contributed by atoms with Crippen LogP contribution in [0.25, 0.3) is 6.08 Å². The zero-order chi connectivity index (χ0) is 12.8. The van der Waals surface area contributed by atoms with Gasteiger partial charge in [-0.3, -0.25) is 9.59 Å². The Kier molecular flexibility index (Phi) is 4.24. The van der Waals surface area contributed by atoms with Crippen molar-refractivity contribution in [1.82, 2.24) is 0 Å². The van der Waals surface area contributed by atoms with Crippen LogP contribution in [0.3, 0.4) is 0 Å². The molecule has 1 N–H and O–H groups in total. The lowest BCUT2D eigenvalue weighted by Gasteiger charge is -2.01. The summed E-state index contributed by atoms with van der Waals surface area (Å²) in [5.74, 6) is -0.176. The molecule has 3 heteroatoms. The van der Waals surface area contributed by atoms with Gasteiger partial charge in [0, 0.05) is 5.56 Å². The van der Waals surface area contributed by atoms with Crippen LogP contribution in [0.5, 0.6) is 0 Å². The van der Waals surface area contributed by atoms with Crippen LogP contribution in [-0.2, 0) is 9.59 Å². The number of hydrogen-bond donors (Lipinski definition) is 1. The molecular weight excluding hydrogens is 216 g/mol. The highest BCUT2D eigenvalue weighted by molar-refractivity contribution is 5.99. The average molecular weight is 228 g/mol. The molecule has 0 spiro atoms. The molecule has 0 aliphatic carbocycles. The van der Waals surface area contributed by atoms with Gasteiger partial charge >= 0.3 is 5.97 Å². The Morgan fingerprint density at radius 1 is 1.47 bits per heavy atom. The minimum absolute atomic E-state index is 0.401. The largest absolute Gasteiger partial charge is 0.480 e. The van der Waals surface area contributed by atoms with Gasteiger partial charge in [0.1, 0.15) is 11.7 Å². The second kappa shape index (κ2) is 5.66. The van der Waals surface area contributed by atoms with E-state index < -0.39 is 17.7 Å². The summed E-state index contributed by atoms with van der Waals surface area (Å²) in [6, 6.07) is 7.08. The molecule has 17 heavy (non-hydrogen) atoms. The van der Waals surface area contributed by atoms with E-state index in [1.54, 1.807) is 30.3 Å². The van der Waals surface area contributed by atoms with E-state index in [0.29, 0.717) is 5.56 Å². The number of hydrogen-bond acceptors (Lipinski definition) is 2. The third-order valence-corrected chi connectivity index (χ3v) is 2.24. The minimum Gasteiger partial charge on any atom is -0.480 e. The molecule has 1 aromatic carbocycles. The summed E-state index contributed by atoms with van der Waals surface area (Å²) in [4.78, 5) is 21.8. The Morgan fingerprint density at radius 2 is 2.18 bits per heavy atom. The van der Waals surface area contributed by atoms with Crippen molar-refractivity contribution in [3.8, 4) is 12.3 Å². The Balaban J connectivity index is 2.92. The van der Waals surface area contributed by atoms with Crippen molar-refractivity contribution in [2.45, 2.75) is 6.92 Å². The van der Waals surface area contributed by atoms with Crippen LogP contribution in [0.15, 0.2) is 30.3 Å². The number of ketones is 1. The van der Waals surface area contributed by atoms with Crippen molar-refractivity contribution in [2.75, 3.05) is 0 Å². The molecule has 0 saturated heterocycles. The van der Waals surface area contributed by atoms with E-state index in [1.165, 1.54) is 13.0 Å². The lowest BCUT2D eigenvalue weighted by atomic mass is 10.0. The van der Waals surface area contributed by atoms with Gasteiger partial charge in [-0.1, -0.05) is 30.2 Å². The number of carboxylic acids is 1. The SMILES string of the molecule is C#Cc1cccc(C=CC(C(C)=O)C(=O)O)c1. The molecule has 0 aliphatic heterocycles. The molecule has 1 rings (SSSR count). The highest BCUT2D eigenvalue weighted by Gasteiger charge is 2.18. The maximum absolute atomic E-state index is 11.1. The van der Waals surface area contributed by atoms with Crippen LogP contribution in [0.2, 0.25) is 0 Å². The molecule has 0 heterocycles. The smallest absolute Gasteiger partial charge is 0.317 e. The number of Topliss-reactive ketones (excluding diaryl/α,β-unsaturated/α-hetero) is 1. The van der Waals surface area contributed by atoms with Crippen molar-refractivity contribution in [3.63, 3.8) is 0 Å². The molecule has 86 valence electrons. The Labute approximate surface area is 99.8 Å². The number of rotatable bonds is 4. The maximum atomic E-state index is 11.1. The van der Waals surface area contributed by atoms with Crippen LogP contribution in [-0.4, -0.2) is 16.9 Å². The predicted octanol–water partition coefficient (Wildman–Crippen LogP) is 1.97. The zero-order valence-corrected chi connectivity index (χ0v) is 9.38. The standard InChI is InChI=1S/C14H12O3/c1-3-11-5-4-6-12(9-11)7-8-13(10(2)15)14(16)17/h1,4-9,13H,2H3,(H,16,17). The first-order chi connectivity index (χ1) is 8.04. The lowest BCUT2D eigenvalue weighted by Crippen LogP contribution is -2.18. The van der Waals surface area contributed by atoms with Gasteiger partial charge in [-0.2, -0.15) is 0 Å². The monoisotopic (exact) mass is 228 g/mol. The molecule has 0 amide bonds. The number of carboxylic acid groups (broad SMARTS) is 1. The Bertz CT molecular complexity index is 492. The van der Waals surface area contributed by atoms with Crippen molar-refractivity contribution in [3.05, 3.63) is 41.5 Å². The van der Waals surface area contributed by atoms with Crippen molar-refractivity contribution < 1.29 is 14.7 Å². The molecular formula is C14H12O3. The second-order valence-corrected chi connectivity index (χ2v) is 3.56. The maximum Gasteiger partial charge on any atom is 0.317 e. The lowest BCUT2D eigenvalue weighted by molar-refractivity contribution is -0.143. The predicted molar refractivity (Wildman–Crippen MR) is 65.2 cm³/mol. The average Bonchev–Trinajstić information content (AvgIpc) is 2.28. The summed E-state index contributed by atoms with van der Waals surface area (Å²) >= 11 is 0. The minimum atomic E-state index is -1.15. The topological polar surface area (TPSA) is 54.4 Å². The van der Waals surface area contributed by atoms with Gasteiger partial charge in [-0.05, 0) is 24.6 Å². The molecule has 3 nitrogen and oxygen atoms in total. The molecule has 1 unspecified atom stereocenters. The molecule has 1 aromatic rings. The number of benzene rings is 1. The highest BCUT2D eigenvalue weighted by atomic mass is 16.4. The normalized spacial score (nSPS) is 12.0. The first-order valence-corrected chi connectivity index (χ1v) is 5.02. The fraction of sp³-hybridized carbons (Fsp3) is 0.143. The number of terminal acetylenes is 1. The fourth-order valence-corrected chi connectivity index (χ4v) is 1.33. The number of carbonyl (C=O) groups is 2. The molecule has 0 radical (unpaired) electrons. The van der Waals surface area contributed by atoms with Crippen LogP contribution in [0, 0.1) is 18.3 Å². The van der Waals surface area contributed by atoms with Crippen LogP contribution < -0.4 is 0 Å². The van der Waals surface area contributed by atoms with Crippen molar-refractivity contribution in [1.29, 1.82) is 0 Å². The van der Waals surface area contributed by atoms with E-state index in [9.17, 15) is 9.59 Å². The first kappa shape index (κ1) is 12.7. The summed E-state index contributed by atoms with van der Waals surface area (Å²) in [5, 5.41) is 8.82. The van der Waals surface area contributed by atoms with Crippen LogP contribution in [0.4, 0.5) is 0 Å². The van der Waals surface area contributed by atoms with E-state index >= 15 is 0 Å². The number of carbonyl (C=O) groups excluding carboxylic acids is 1. The highest BCUT2D eigenvalue weighted by Crippen LogP contribution is 2.09. The van der Waals surface area contributed by atoms with E-state index in [-0.39, 0.29) is 0 Å². The van der Waals surface area contributed by atoms with Gasteiger partial charge in [0.15, 0.2) is 0 Å². The van der Waals surface area contributed by atoms with Crippen molar-refractivity contribution >= 4 is 17.8 Å². The van der Waals surface area contributed by atoms with Gasteiger partial charge in [0.25, 0.3) is 0 Å². The van der Waals surface area contributed by atoms with Gasteiger partial charge < -0.3 is 5.11 Å². The third kappa shape index (κ3) is 3.62. The molecule has 0 fully saturated rings. The molecule has 1 atom stereocenters. The quantitative estimate of drug-likeness (QED) is 0.633.